The third-order valence-electron chi connectivity index (χ3n) is 2.75. The Morgan fingerprint density at radius 1 is 1.26 bits per heavy atom. The Hall–Kier alpha value is -1.65. The van der Waals surface area contributed by atoms with Gasteiger partial charge < -0.3 is 5.11 Å². The minimum absolute atomic E-state index is 0.118. The zero-order chi connectivity index (χ0) is 13.8. The van der Waals surface area contributed by atoms with E-state index < -0.39 is 0 Å². The highest BCUT2D eigenvalue weighted by Gasteiger charge is 2.11. The number of hydrogen-bond acceptors (Lipinski definition) is 3. The largest absolute Gasteiger partial charge is 0.390 e. The van der Waals surface area contributed by atoms with E-state index in [9.17, 15) is 5.11 Å². The molecule has 19 heavy (non-hydrogen) atoms. The Kier molecular flexibility index (Phi) is 4.35. The normalized spacial score (nSPS) is 11.6. The summed E-state index contributed by atoms with van der Waals surface area (Å²) >= 11 is 5.84. The highest BCUT2D eigenvalue weighted by atomic mass is 35.5. The van der Waals surface area contributed by atoms with Gasteiger partial charge in [-0.3, -0.25) is 0 Å². The molecule has 1 aromatic heterocycles. The second-order valence-corrected chi connectivity index (χ2v) is 4.94. The summed E-state index contributed by atoms with van der Waals surface area (Å²) in [6.45, 7) is 3.93. The van der Waals surface area contributed by atoms with Crippen LogP contribution < -0.4 is 0 Å². The van der Waals surface area contributed by atoms with Gasteiger partial charge in [-0.25, -0.2) is 4.68 Å². The van der Waals surface area contributed by atoms with Crippen LogP contribution in [-0.2, 0) is 6.61 Å². The van der Waals surface area contributed by atoms with E-state index in [4.69, 9.17) is 11.6 Å². The fourth-order valence-corrected chi connectivity index (χ4v) is 1.88. The van der Waals surface area contributed by atoms with Crippen LogP contribution in [0.25, 0.3) is 12.2 Å². The van der Waals surface area contributed by atoms with Crippen molar-refractivity contribution >= 4 is 23.8 Å². The highest BCUT2D eigenvalue weighted by molar-refractivity contribution is 6.30. The summed E-state index contributed by atoms with van der Waals surface area (Å²) in [6, 6.07) is 7.73. The summed E-state index contributed by atoms with van der Waals surface area (Å²) in [5, 5.41) is 18.0. The van der Waals surface area contributed by atoms with E-state index in [1.807, 2.05) is 50.3 Å². The quantitative estimate of drug-likeness (QED) is 0.934. The van der Waals surface area contributed by atoms with Crippen LogP contribution in [0, 0.1) is 0 Å². The first-order chi connectivity index (χ1) is 9.11. The molecule has 0 saturated carbocycles. The number of halogens is 1. The molecule has 100 valence electrons. The van der Waals surface area contributed by atoms with E-state index in [1.54, 1.807) is 4.68 Å². The molecule has 0 spiro atoms. The number of hydrogen-bond donors (Lipinski definition) is 1. The Labute approximate surface area is 117 Å². The van der Waals surface area contributed by atoms with E-state index in [1.165, 1.54) is 0 Å². The van der Waals surface area contributed by atoms with Crippen molar-refractivity contribution in [2.24, 2.45) is 0 Å². The van der Waals surface area contributed by atoms with Crippen molar-refractivity contribution in [1.82, 2.24) is 15.0 Å². The van der Waals surface area contributed by atoms with E-state index in [2.05, 4.69) is 10.3 Å². The molecular formula is C14H16ClN3O. The zero-order valence-electron chi connectivity index (χ0n) is 10.9. The molecule has 1 heterocycles. The molecule has 0 unspecified atom stereocenters. The molecule has 0 amide bonds. The summed E-state index contributed by atoms with van der Waals surface area (Å²) in [4.78, 5) is 0. The van der Waals surface area contributed by atoms with Crippen LogP contribution in [0.15, 0.2) is 24.3 Å². The zero-order valence-corrected chi connectivity index (χ0v) is 11.7. The maximum absolute atomic E-state index is 9.28. The standard InChI is InChI=1S/C14H16ClN3O/c1-10(2)18-14(13(9-19)16-17-18)8-5-11-3-6-12(15)7-4-11/h3-8,10,19H,9H2,1-2H3/b8-5+. The average molecular weight is 278 g/mol. The van der Waals surface area contributed by atoms with Crippen LogP contribution in [-0.4, -0.2) is 20.1 Å². The average Bonchev–Trinajstić information content (AvgIpc) is 2.81. The third-order valence-corrected chi connectivity index (χ3v) is 3.00. The maximum Gasteiger partial charge on any atom is 0.115 e. The number of rotatable bonds is 4. The second-order valence-electron chi connectivity index (χ2n) is 4.50. The van der Waals surface area contributed by atoms with Crippen molar-refractivity contribution in [3.8, 4) is 0 Å². The van der Waals surface area contributed by atoms with Crippen molar-refractivity contribution < 1.29 is 5.11 Å². The van der Waals surface area contributed by atoms with Crippen LogP contribution >= 0.6 is 11.6 Å². The van der Waals surface area contributed by atoms with E-state index in [0.29, 0.717) is 10.7 Å². The highest BCUT2D eigenvalue weighted by Crippen LogP contribution is 2.16. The summed E-state index contributed by atoms with van der Waals surface area (Å²) in [7, 11) is 0. The molecule has 0 saturated heterocycles. The summed E-state index contributed by atoms with van der Waals surface area (Å²) in [5.74, 6) is 0. The van der Waals surface area contributed by atoms with Crippen LogP contribution in [0.1, 0.15) is 36.8 Å². The first kappa shape index (κ1) is 13.8. The molecular weight excluding hydrogens is 262 g/mol. The molecule has 2 aromatic rings. The Bertz CT molecular complexity index is 573. The van der Waals surface area contributed by atoms with E-state index >= 15 is 0 Å². The Balaban J connectivity index is 2.31. The molecule has 0 aliphatic rings. The third kappa shape index (κ3) is 3.22. The first-order valence-electron chi connectivity index (χ1n) is 6.10. The van der Waals surface area contributed by atoms with Gasteiger partial charge in [-0.15, -0.1) is 5.10 Å². The Morgan fingerprint density at radius 3 is 2.53 bits per heavy atom. The van der Waals surface area contributed by atoms with E-state index in [-0.39, 0.29) is 12.6 Å². The Morgan fingerprint density at radius 2 is 1.95 bits per heavy atom. The van der Waals surface area contributed by atoms with Gasteiger partial charge in [0.25, 0.3) is 0 Å². The molecule has 0 bridgehead atoms. The molecule has 0 radical (unpaired) electrons. The van der Waals surface area contributed by atoms with Crippen molar-refractivity contribution in [2.75, 3.05) is 0 Å². The van der Waals surface area contributed by atoms with E-state index in [0.717, 1.165) is 11.3 Å². The lowest BCUT2D eigenvalue weighted by molar-refractivity contribution is 0.276. The van der Waals surface area contributed by atoms with Crippen molar-refractivity contribution in [1.29, 1.82) is 0 Å². The van der Waals surface area contributed by atoms with Gasteiger partial charge in [-0.2, -0.15) is 0 Å². The predicted molar refractivity (Wildman–Crippen MR) is 76.7 cm³/mol. The van der Waals surface area contributed by atoms with Gasteiger partial charge in [0.2, 0.25) is 0 Å². The topological polar surface area (TPSA) is 50.9 Å². The number of benzene rings is 1. The lowest BCUT2D eigenvalue weighted by Gasteiger charge is -2.07. The molecule has 0 aliphatic carbocycles. The van der Waals surface area contributed by atoms with Crippen LogP contribution in [0.5, 0.6) is 0 Å². The SMILES string of the molecule is CC(C)n1nnc(CO)c1/C=C/c1ccc(Cl)cc1. The van der Waals surface area contributed by atoms with Crippen molar-refractivity contribution in [2.45, 2.75) is 26.5 Å². The fourth-order valence-electron chi connectivity index (χ4n) is 1.75. The van der Waals surface area contributed by atoms with Gasteiger partial charge in [0.1, 0.15) is 5.69 Å². The molecule has 4 nitrogen and oxygen atoms in total. The minimum Gasteiger partial charge on any atom is -0.390 e. The summed E-state index contributed by atoms with van der Waals surface area (Å²) in [5.41, 5.74) is 2.44. The lowest BCUT2D eigenvalue weighted by atomic mass is 10.2. The minimum atomic E-state index is -0.118. The number of nitrogens with zero attached hydrogens (tertiary/aromatic N) is 3. The van der Waals surface area contributed by atoms with Gasteiger partial charge in [0, 0.05) is 11.1 Å². The molecule has 0 aliphatic heterocycles. The summed E-state index contributed by atoms with van der Waals surface area (Å²) < 4.78 is 1.79. The molecule has 1 N–H and O–H groups in total. The van der Waals surface area contributed by atoms with Crippen LogP contribution in [0.3, 0.4) is 0 Å². The second kappa shape index (κ2) is 5.99. The van der Waals surface area contributed by atoms with Crippen LogP contribution in [0.4, 0.5) is 0 Å². The molecule has 2 rings (SSSR count). The molecule has 0 fully saturated rings. The number of aliphatic hydroxyl groups excluding tert-OH is 1. The van der Waals surface area contributed by atoms with Gasteiger partial charge >= 0.3 is 0 Å². The van der Waals surface area contributed by atoms with Gasteiger partial charge in [-0.1, -0.05) is 35.0 Å². The number of aliphatic hydroxyl groups is 1. The van der Waals surface area contributed by atoms with Gasteiger partial charge in [-0.05, 0) is 37.6 Å². The predicted octanol–water partition coefficient (Wildman–Crippen LogP) is 3.18. The number of aromatic nitrogens is 3. The maximum atomic E-state index is 9.28. The first-order valence-corrected chi connectivity index (χ1v) is 6.48. The molecule has 0 atom stereocenters. The molecule has 5 heteroatoms. The van der Waals surface area contributed by atoms with Crippen molar-refractivity contribution in [3.63, 3.8) is 0 Å². The van der Waals surface area contributed by atoms with Crippen LogP contribution in [0.2, 0.25) is 5.02 Å². The monoisotopic (exact) mass is 277 g/mol. The van der Waals surface area contributed by atoms with Crippen molar-refractivity contribution in [3.05, 3.63) is 46.2 Å². The molecule has 1 aromatic carbocycles. The smallest absolute Gasteiger partial charge is 0.115 e. The summed E-state index contributed by atoms with van der Waals surface area (Å²) in [6.07, 6.45) is 3.86. The fraction of sp³-hybridized carbons (Fsp3) is 0.286. The lowest BCUT2D eigenvalue weighted by Crippen LogP contribution is -2.05. The van der Waals surface area contributed by atoms with Gasteiger partial charge in [0.15, 0.2) is 0 Å². The van der Waals surface area contributed by atoms with Gasteiger partial charge in [0.05, 0.1) is 12.3 Å².